The first-order valence-corrected chi connectivity index (χ1v) is 14.2. The number of ether oxygens (including phenoxy) is 1. The fourth-order valence-corrected chi connectivity index (χ4v) is 4.99. The Morgan fingerprint density at radius 1 is 0.933 bits per heavy atom. The van der Waals surface area contributed by atoms with E-state index < -0.39 is 12.0 Å². The predicted molar refractivity (Wildman–Crippen MR) is 169 cm³/mol. The first-order valence-electron chi connectivity index (χ1n) is 14.2. The number of aromatic carboxylic acids is 1. The molecule has 228 valence electrons. The molecule has 0 spiro atoms. The highest BCUT2D eigenvalue weighted by Gasteiger charge is 2.24. The zero-order valence-electron chi connectivity index (χ0n) is 24.6. The van der Waals surface area contributed by atoms with Crippen molar-refractivity contribution >= 4 is 46.1 Å². The maximum absolute atomic E-state index is 12.5. The molecule has 1 atom stereocenters. The largest absolute Gasteiger partial charge is 0.475 e. The number of nitrogens with one attached hydrogen (secondary N) is 2. The molecule has 45 heavy (non-hydrogen) atoms. The molecule has 1 aliphatic heterocycles. The van der Waals surface area contributed by atoms with Crippen molar-refractivity contribution in [3.63, 3.8) is 0 Å². The van der Waals surface area contributed by atoms with Crippen molar-refractivity contribution in [3.8, 4) is 11.3 Å². The van der Waals surface area contributed by atoms with Crippen LogP contribution >= 0.6 is 0 Å². The van der Waals surface area contributed by atoms with Crippen LogP contribution in [0, 0.1) is 0 Å². The first kappa shape index (κ1) is 29.3. The number of fused-ring (bicyclic) bond motifs is 1. The summed E-state index contributed by atoms with van der Waals surface area (Å²) in [4.78, 5) is 48.7. The number of benzene rings is 3. The highest BCUT2D eigenvalue weighted by atomic mass is 16.5. The molecule has 12 nitrogen and oxygen atoms in total. The molecule has 0 radical (unpaired) electrons. The molecule has 3 aromatic carbocycles. The third-order valence-electron chi connectivity index (χ3n) is 7.36. The Kier molecular flexibility index (Phi) is 8.12. The summed E-state index contributed by atoms with van der Waals surface area (Å²) in [6.45, 7) is 1.63. The summed E-state index contributed by atoms with van der Waals surface area (Å²) in [7, 11) is 3.37. The Labute approximate surface area is 258 Å². The molecule has 5 aromatic rings. The minimum absolute atomic E-state index is 0.111. The monoisotopic (exact) mass is 606 g/mol. The van der Waals surface area contributed by atoms with Crippen LogP contribution in [0.3, 0.4) is 0 Å². The van der Waals surface area contributed by atoms with Gasteiger partial charge in [0, 0.05) is 54.7 Å². The second kappa shape index (κ2) is 12.5. The van der Waals surface area contributed by atoms with Crippen LogP contribution in [0.2, 0.25) is 0 Å². The summed E-state index contributed by atoms with van der Waals surface area (Å²) in [5.41, 5.74) is 4.09. The molecule has 1 fully saturated rings. The van der Waals surface area contributed by atoms with Gasteiger partial charge in [-0.05, 0) is 60.2 Å². The molecule has 0 bridgehead atoms. The van der Waals surface area contributed by atoms with Crippen molar-refractivity contribution in [2.75, 3.05) is 49.3 Å². The van der Waals surface area contributed by atoms with E-state index in [1.165, 1.54) is 11.0 Å². The molecule has 3 amide bonds. The van der Waals surface area contributed by atoms with Crippen LogP contribution in [-0.4, -0.2) is 71.7 Å². The van der Waals surface area contributed by atoms with Gasteiger partial charge in [-0.3, -0.25) is 4.79 Å². The Hall–Kier alpha value is -5.75. The number of nitrogens with zero attached hydrogens (tertiary/aromatic N) is 4. The average Bonchev–Trinajstić information content (AvgIpc) is 3.56. The Bertz CT molecular complexity index is 1870. The van der Waals surface area contributed by atoms with E-state index in [1.54, 1.807) is 50.6 Å². The number of carboxylic acid groups (broad SMARTS) is 1. The SMILES string of the molecule is CN(C)C(=O)c1ccc(NC(=O)Nc2ccc(C3CN(c4ncc5ccc(-c6ccc(C(=O)O)o6)cc5n4)CCO3)cc2)cc1. The molecule has 12 heteroatoms. The van der Waals surface area contributed by atoms with Crippen LogP contribution in [0.1, 0.15) is 32.6 Å². The molecular formula is C33H30N6O6. The summed E-state index contributed by atoms with van der Waals surface area (Å²) >= 11 is 0. The van der Waals surface area contributed by atoms with E-state index >= 15 is 0 Å². The lowest BCUT2D eigenvalue weighted by molar-refractivity contribution is 0.0392. The number of furan rings is 1. The summed E-state index contributed by atoms with van der Waals surface area (Å²) < 4.78 is 11.5. The highest BCUT2D eigenvalue weighted by molar-refractivity contribution is 6.00. The summed E-state index contributed by atoms with van der Waals surface area (Å²) in [6.07, 6.45) is 1.54. The van der Waals surface area contributed by atoms with Crippen LogP contribution < -0.4 is 15.5 Å². The van der Waals surface area contributed by atoms with E-state index in [0.717, 1.165) is 16.5 Å². The van der Waals surface area contributed by atoms with Crippen LogP contribution in [0.4, 0.5) is 22.1 Å². The summed E-state index contributed by atoms with van der Waals surface area (Å²) in [5.74, 6) is -0.348. The van der Waals surface area contributed by atoms with E-state index in [9.17, 15) is 19.5 Å². The number of rotatable bonds is 7. The van der Waals surface area contributed by atoms with Crippen molar-refractivity contribution in [1.82, 2.24) is 14.9 Å². The van der Waals surface area contributed by atoms with Gasteiger partial charge in [0.2, 0.25) is 11.7 Å². The summed E-state index contributed by atoms with van der Waals surface area (Å²) in [6, 6.07) is 22.4. The maximum atomic E-state index is 12.5. The van der Waals surface area contributed by atoms with E-state index in [2.05, 4.69) is 20.5 Å². The molecule has 3 heterocycles. The van der Waals surface area contributed by atoms with E-state index in [-0.39, 0.29) is 17.8 Å². The van der Waals surface area contributed by atoms with Crippen LogP contribution in [0.25, 0.3) is 22.2 Å². The Morgan fingerprint density at radius 2 is 1.64 bits per heavy atom. The molecule has 2 aromatic heterocycles. The number of carboxylic acids is 1. The van der Waals surface area contributed by atoms with Crippen LogP contribution in [0.15, 0.2) is 89.5 Å². The van der Waals surface area contributed by atoms with Gasteiger partial charge in [-0.25, -0.2) is 19.6 Å². The van der Waals surface area contributed by atoms with Gasteiger partial charge in [0.05, 0.1) is 18.7 Å². The average molecular weight is 607 g/mol. The zero-order valence-corrected chi connectivity index (χ0v) is 24.6. The highest BCUT2D eigenvalue weighted by Crippen LogP contribution is 2.29. The van der Waals surface area contributed by atoms with E-state index in [0.29, 0.717) is 53.9 Å². The number of carbonyl (C=O) groups is 3. The van der Waals surface area contributed by atoms with Crippen LogP contribution in [0.5, 0.6) is 0 Å². The Morgan fingerprint density at radius 3 is 2.31 bits per heavy atom. The molecule has 0 saturated carbocycles. The number of carbonyl (C=O) groups excluding carboxylic acids is 2. The standard InChI is InChI=1S/C33H30N6O6/c1-38(2)30(40)21-7-11-25(12-8-21)36-33(43)35-24-9-5-20(6-10-24)29-19-39(15-16-44-29)32-34-18-23-4-3-22(17-26(23)37-32)27-13-14-28(45-27)31(41)42/h3-14,17-18,29H,15-16,19H2,1-2H3,(H,41,42)(H2,35,36,43). The Balaban J connectivity index is 1.09. The number of anilines is 3. The lowest BCUT2D eigenvalue weighted by atomic mass is 10.1. The quantitative estimate of drug-likeness (QED) is 0.218. The second-order valence-electron chi connectivity index (χ2n) is 10.7. The van der Waals surface area contributed by atoms with Gasteiger partial charge in [0.15, 0.2) is 0 Å². The molecule has 3 N–H and O–H groups in total. The third kappa shape index (κ3) is 6.60. The predicted octanol–water partition coefficient (Wildman–Crippen LogP) is 5.51. The van der Waals surface area contributed by atoms with Gasteiger partial charge in [0.1, 0.15) is 11.9 Å². The summed E-state index contributed by atoms with van der Waals surface area (Å²) in [5, 5.41) is 15.6. The van der Waals surface area contributed by atoms with E-state index in [1.807, 2.05) is 42.5 Å². The number of hydrogen-bond acceptors (Lipinski definition) is 8. The third-order valence-corrected chi connectivity index (χ3v) is 7.36. The van der Waals surface area contributed by atoms with Crippen molar-refractivity contribution in [2.45, 2.75) is 6.10 Å². The molecule has 1 saturated heterocycles. The smallest absolute Gasteiger partial charge is 0.371 e. The normalized spacial score (nSPS) is 14.6. The van der Waals surface area contributed by atoms with Crippen LogP contribution in [-0.2, 0) is 4.74 Å². The van der Waals surface area contributed by atoms with Gasteiger partial charge in [-0.1, -0.05) is 24.3 Å². The molecule has 1 unspecified atom stereocenters. The number of hydrogen-bond donors (Lipinski definition) is 3. The second-order valence-corrected chi connectivity index (χ2v) is 10.7. The lowest BCUT2D eigenvalue weighted by Crippen LogP contribution is -2.39. The maximum Gasteiger partial charge on any atom is 0.371 e. The number of amides is 3. The lowest BCUT2D eigenvalue weighted by Gasteiger charge is -2.33. The fourth-order valence-electron chi connectivity index (χ4n) is 4.99. The van der Waals surface area contributed by atoms with Gasteiger partial charge < -0.3 is 34.7 Å². The molecule has 6 rings (SSSR count). The topological polar surface area (TPSA) is 150 Å². The minimum atomic E-state index is -1.12. The number of aromatic nitrogens is 2. The number of urea groups is 1. The van der Waals surface area contributed by atoms with E-state index in [4.69, 9.17) is 14.1 Å². The van der Waals surface area contributed by atoms with Crippen molar-refractivity contribution in [2.24, 2.45) is 0 Å². The zero-order chi connectivity index (χ0) is 31.5. The van der Waals surface area contributed by atoms with Gasteiger partial charge in [-0.2, -0.15) is 0 Å². The first-order chi connectivity index (χ1) is 21.7. The fraction of sp³-hybridized carbons (Fsp3) is 0.182. The van der Waals surface area contributed by atoms with Crippen molar-refractivity contribution in [1.29, 1.82) is 0 Å². The van der Waals surface area contributed by atoms with Crippen molar-refractivity contribution in [3.05, 3.63) is 102 Å². The molecule has 1 aliphatic rings. The van der Waals surface area contributed by atoms with Crippen molar-refractivity contribution < 1.29 is 28.6 Å². The molecular weight excluding hydrogens is 576 g/mol. The van der Waals surface area contributed by atoms with Gasteiger partial charge >= 0.3 is 12.0 Å². The van der Waals surface area contributed by atoms with Gasteiger partial charge in [-0.15, -0.1) is 0 Å². The molecule has 0 aliphatic carbocycles. The number of morpholine rings is 1. The van der Waals surface area contributed by atoms with Gasteiger partial charge in [0.25, 0.3) is 5.91 Å². The minimum Gasteiger partial charge on any atom is -0.475 e.